The highest BCUT2D eigenvalue weighted by Crippen LogP contribution is 2.29. The predicted molar refractivity (Wildman–Crippen MR) is 89.4 cm³/mol. The maximum atomic E-state index is 11.9. The maximum Gasteiger partial charge on any atom is 0.410 e. The van der Waals surface area contributed by atoms with Gasteiger partial charge >= 0.3 is 12.3 Å². The molecule has 0 bridgehead atoms. The standard InChI is InChI=1S/C17H24N2O6/c1-16(2,3)25-15(20)18-11-17(21,12-18)9-14(19(22)23)24-10-13-7-5-4-6-8-13/h4-8,14,21H,9-12H2,1-3H3/t14-/m0/s1. The quantitative estimate of drug-likeness (QED) is 0.478. The minimum atomic E-state index is -1.34. The van der Waals surface area contributed by atoms with E-state index >= 15 is 0 Å². The van der Waals surface area contributed by atoms with E-state index in [-0.39, 0.29) is 26.1 Å². The molecule has 8 nitrogen and oxygen atoms in total. The second-order valence-electron chi connectivity index (χ2n) is 7.30. The first-order chi connectivity index (χ1) is 11.6. The molecule has 1 N–H and O–H groups in total. The Morgan fingerprint density at radius 2 is 1.96 bits per heavy atom. The van der Waals surface area contributed by atoms with E-state index in [9.17, 15) is 20.0 Å². The van der Waals surface area contributed by atoms with Gasteiger partial charge in [0.1, 0.15) is 11.2 Å². The van der Waals surface area contributed by atoms with E-state index in [2.05, 4.69) is 0 Å². The number of β-amino-alcohol motifs (C(OH)–C–C–N with tert-alkyl or cyclic N) is 1. The monoisotopic (exact) mass is 352 g/mol. The molecule has 1 aliphatic heterocycles. The van der Waals surface area contributed by atoms with Gasteiger partial charge in [-0.15, -0.1) is 0 Å². The topological polar surface area (TPSA) is 102 Å². The molecule has 1 heterocycles. The molecule has 0 spiro atoms. The molecule has 1 aliphatic rings. The van der Waals surface area contributed by atoms with Crippen LogP contribution in [0.3, 0.4) is 0 Å². The molecular weight excluding hydrogens is 328 g/mol. The molecule has 138 valence electrons. The lowest BCUT2D eigenvalue weighted by atomic mass is 9.90. The minimum absolute atomic E-state index is 0.0129. The van der Waals surface area contributed by atoms with Crippen molar-refractivity contribution in [3.05, 3.63) is 46.0 Å². The van der Waals surface area contributed by atoms with Gasteiger partial charge in [-0.2, -0.15) is 0 Å². The fourth-order valence-corrected chi connectivity index (χ4v) is 2.53. The van der Waals surface area contributed by atoms with Crippen LogP contribution in [0, 0.1) is 10.1 Å². The highest BCUT2D eigenvalue weighted by atomic mass is 16.7. The first-order valence-corrected chi connectivity index (χ1v) is 8.07. The summed E-state index contributed by atoms with van der Waals surface area (Å²) in [4.78, 5) is 23.9. The maximum absolute atomic E-state index is 11.9. The van der Waals surface area contributed by atoms with Crippen molar-refractivity contribution in [1.82, 2.24) is 4.90 Å². The van der Waals surface area contributed by atoms with Gasteiger partial charge < -0.3 is 19.5 Å². The predicted octanol–water partition coefficient (Wildman–Crippen LogP) is 2.18. The number of ether oxygens (including phenoxy) is 2. The SMILES string of the molecule is CC(C)(C)OC(=O)N1CC(O)(C[C@H](OCc2ccccc2)[N+](=O)[O-])C1. The molecule has 2 rings (SSSR count). The number of carbonyl (C=O) groups is 1. The zero-order valence-corrected chi connectivity index (χ0v) is 14.7. The van der Waals surface area contributed by atoms with Crippen molar-refractivity contribution in [1.29, 1.82) is 0 Å². The van der Waals surface area contributed by atoms with Crippen LogP contribution in [-0.2, 0) is 16.1 Å². The lowest BCUT2D eigenvalue weighted by molar-refractivity contribution is -0.582. The normalized spacial score (nSPS) is 17.5. The van der Waals surface area contributed by atoms with E-state index in [1.807, 2.05) is 18.2 Å². The highest BCUT2D eigenvalue weighted by Gasteiger charge is 2.49. The number of likely N-dealkylation sites (tertiary alicyclic amines) is 1. The van der Waals surface area contributed by atoms with Crippen LogP contribution in [-0.4, -0.2) is 51.5 Å². The van der Waals surface area contributed by atoms with Crippen molar-refractivity contribution < 1.29 is 24.3 Å². The van der Waals surface area contributed by atoms with Crippen LogP contribution in [0.5, 0.6) is 0 Å². The Morgan fingerprint density at radius 3 is 2.48 bits per heavy atom. The summed E-state index contributed by atoms with van der Waals surface area (Å²) in [6.07, 6.45) is -2.07. The molecular formula is C17H24N2O6. The molecule has 0 aliphatic carbocycles. The van der Waals surface area contributed by atoms with E-state index in [1.54, 1.807) is 32.9 Å². The number of nitro groups is 1. The Bertz CT molecular complexity index is 607. The molecule has 0 saturated carbocycles. The van der Waals surface area contributed by atoms with Crippen LogP contribution < -0.4 is 0 Å². The van der Waals surface area contributed by atoms with Crippen LogP contribution in [0.25, 0.3) is 0 Å². The average molecular weight is 352 g/mol. The smallest absolute Gasteiger partial charge is 0.410 e. The van der Waals surface area contributed by atoms with Gasteiger partial charge in [0.2, 0.25) is 0 Å². The highest BCUT2D eigenvalue weighted by molar-refractivity contribution is 5.69. The number of aliphatic hydroxyl groups is 1. The van der Waals surface area contributed by atoms with Gasteiger partial charge in [0.05, 0.1) is 31.0 Å². The summed E-state index contributed by atoms with van der Waals surface area (Å²) < 4.78 is 10.5. The Hall–Kier alpha value is -2.19. The van der Waals surface area contributed by atoms with Gasteiger partial charge in [0, 0.05) is 0 Å². The number of amides is 1. The third-order valence-corrected chi connectivity index (χ3v) is 3.70. The molecule has 25 heavy (non-hydrogen) atoms. The number of rotatable bonds is 6. The summed E-state index contributed by atoms with van der Waals surface area (Å²) in [6.45, 7) is 5.30. The Kier molecular flexibility index (Phi) is 5.64. The van der Waals surface area contributed by atoms with Gasteiger partial charge in [-0.1, -0.05) is 30.3 Å². The number of carbonyl (C=O) groups excluding carboxylic acids is 1. The molecule has 1 amide bonds. The van der Waals surface area contributed by atoms with Crippen molar-refractivity contribution in [3.63, 3.8) is 0 Å². The Balaban J connectivity index is 1.86. The molecule has 1 aromatic carbocycles. The van der Waals surface area contributed by atoms with Gasteiger partial charge in [-0.25, -0.2) is 4.79 Å². The van der Waals surface area contributed by atoms with Crippen molar-refractivity contribution in [3.8, 4) is 0 Å². The van der Waals surface area contributed by atoms with E-state index in [0.29, 0.717) is 0 Å². The van der Waals surface area contributed by atoms with Crippen LogP contribution in [0.15, 0.2) is 30.3 Å². The van der Waals surface area contributed by atoms with Gasteiger partial charge in [0.25, 0.3) is 0 Å². The van der Waals surface area contributed by atoms with E-state index in [0.717, 1.165) is 5.56 Å². The van der Waals surface area contributed by atoms with Crippen LogP contribution >= 0.6 is 0 Å². The van der Waals surface area contributed by atoms with Crippen LogP contribution in [0.2, 0.25) is 0 Å². The molecule has 1 aromatic rings. The van der Waals surface area contributed by atoms with Crippen LogP contribution in [0.1, 0.15) is 32.8 Å². The summed E-state index contributed by atoms with van der Waals surface area (Å²) in [5, 5.41) is 21.6. The van der Waals surface area contributed by atoms with Crippen molar-refractivity contribution in [2.45, 2.75) is 51.2 Å². The molecule has 1 fully saturated rings. The second kappa shape index (κ2) is 7.37. The lowest BCUT2D eigenvalue weighted by Crippen LogP contribution is -2.65. The average Bonchev–Trinajstić information content (AvgIpc) is 2.47. The number of hydrogen-bond donors (Lipinski definition) is 1. The van der Waals surface area contributed by atoms with E-state index in [4.69, 9.17) is 9.47 Å². The van der Waals surface area contributed by atoms with Gasteiger partial charge in [-0.3, -0.25) is 10.1 Å². The lowest BCUT2D eigenvalue weighted by Gasteiger charge is -2.46. The van der Waals surface area contributed by atoms with Gasteiger partial charge in [-0.05, 0) is 26.3 Å². The van der Waals surface area contributed by atoms with Crippen molar-refractivity contribution in [2.24, 2.45) is 0 Å². The number of hydrogen-bond acceptors (Lipinski definition) is 6. The zero-order valence-electron chi connectivity index (χ0n) is 14.7. The molecule has 0 aromatic heterocycles. The van der Waals surface area contributed by atoms with Crippen molar-refractivity contribution >= 4 is 6.09 Å². The molecule has 0 radical (unpaired) electrons. The Morgan fingerprint density at radius 1 is 1.36 bits per heavy atom. The zero-order chi connectivity index (χ0) is 18.7. The molecule has 1 saturated heterocycles. The van der Waals surface area contributed by atoms with Crippen LogP contribution in [0.4, 0.5) is 4.79 Å². The number of benzene rings is 1. The summed E-state index contributed by atoms with van der Waals surface area (Å²) in [5.74, 6) is 0. The third-order valence-electron chi connectivity index (χ3n) is 3.70. The molecule has 0 unspecified atom stereocenters. The summed E-state index contributed by atoms with van der Waals surface area (Å²) in [7, 11) is 0. The molecule has 8 heteroatoms. The fraction of sp³-hybridized carbons (Fsp3) is 0.588. The van der Waals surface area contributed by atoms with E-state index < -0.39 is 28.4 Å². The van der Waals surface area contributed by atoms with Gasteiger partial charge in [0.15, 0.2) is 0 Å². The van der Waals surface area contributed by atoms with Crippen molar-refractivity contribution in [2.75, 3.05) is 13.1 Å². The summed E-state index contributed by atoms with van der Waals surface area (Å²) in [5.41, 5.74) is -1.16. The fourth-order valence-electron chi connectivity index (χ4n) is 2.53. The summed E-state index contributed by atoms with van der Waals surface area (Å²) in [6, 6.07) is 9.09. The molecule has 1 atom stereocenters. The number of nitrogens with zero attached hydrogens (tertiary/aromatic N) is 2. The van der Waals surface area contributed by atoms with E-state index in [1.165, 1.54) is 4.90 Å². The Labute approximate surface area is 146 Å². The third kappa shape index (κ3) is 5.68. The second-order valence-corrected chi connectivity index (χ2v) is 7.30. The minimum Gasteiger partial charge on any atom is -0.444 e. The largest absolute Gasteiger partial charge is 0.444 e. The first kappa shape index (κ1) is 19.1. The summed E-state index contributed by atoms with van der Waals surface area (Å²) >= 11 is 0. The first-order valence-electron chi connectivity index (χ1n) is 8.07.